The molecule has 0 aliphatic rings. The Morgan fingerprint density at radius 1 is 1.36 bits per heavy atom. The van der Waals surface area contributed by atoms with Crippen molar-refractivity contribution in [3.63, 3.8) is 0 Å². The molecule has 0 aliphatic heterocycles. The molecule has 0 radical (unpaired) electrons. The molecule has 22 heavy (non-hydrogen) atoms. The number of rotatable bonds is 8. The van der Waals surface area contributed by atoms with Gasteiger partial charge in [-0.2, -0.15) is 0 Å². The zero-order chi connectivity index (χ0) is 16.5. The standard InChI is InChI=1S/C18H27BrN2O/c1-6-7-9-14(2)16(15(3)21(4)5)11-13-22-17-10-8-12-20-18(17)19/h8-10,12H,6-7,11,13H2,1-5H3/b14-9-,16-15-. The Morgan fingerprint density at radius 2 is 2.09 bits per heavy atom. The van der Waals surface area contributed by atoms with Crippen molar-refractivity contribution in [3.05, 3.63) is 45.9 Å². The average Bonchev–Trinajstić information content (AvgIpc) is 2.50. The molecular weight excluding hydrogens is 340 g/mol. The van der Waals surface area contributed by atoms with E-state index < -0.39 is 0 Å². The number of ether oxygens (including phenoxy) is 1. The fraction of sp³-hybridized carbons (Fsp3) is 0.500. The van der Waals surface area contributed by atoms with Crippen LogP contribution in [-0.2, 0) is 0 Å². The molecule has 0 spiro atoms. The molecular formula is C18H27BrN2O. The summed E-state index contributed by atoms with van der Waals surface area (Å²) in [5.41, 5.74) is 4.00. The number of pyridine rings is 1. The molecule has 1 rings (SSSR count). The third-order valence-electron chi connectivity index (χ3n) is 3.66. The van der Waals surface area contributed by atoms with Gasteiger partial charge < -0.3 is 9.64 Å². The lowest BCUT2D eigenvalue weighted by Gasteiger charge is -2.20. The van der Waals surface area contributed by atoms with Crippen LogP contribution in [0.4, 0.5) is 0 Å². The third-order valence-corrected chi connectivity index (χ3v) is 4.25. The molecule has 0 fully saturated rings. The maximum Gasteiger partial charge on any atom is 0.152 e. The van der Waals surface area contributed by atoms with Gasteiger partial charge >= 0.3 is 0 Å². The van der Waals surface area contributed by atoms with Gasteiger partial charge in [0.2, 0.25) is 0 Å². The fourth-order valence-electron chi connectivity index (χ4n) is 2.16. The Kier molecular flexibility index (Phi) is 8.25. The van der Waals surface area contributed by atoms with E-state index in [-0.39, 0.29) is 0 Å². The van der Waals surface area contributed by atoms with Gasteiger partial charge in [-0.25, -0.2) is 4.98 Å². The van der Waals surface area contributed by atoms with Crippen LogP contribution in [-0.4, -0.2) is 30.6 Å². The first-order valence-corrected chi connectivity index (χ1v) is 8.54. The zero-order valence-corrected chi connectivity index (χ0v) is 15.9. The number of allylic oxidation sites excluding steroid dienone is 3. The predicted molar refractivity (Wildman–Crippen MR) is 97.1 cm³/mol. The second-order valence-electron chi connectivity index (χ2n) is 5.53. The van der Waals surface area contributed by atoms with E-state index in [1.165, 1.54) is 23.3 Å². The van der Waals surface area contributed by atoms with Crippen LogP contribution < -0.4 is 4.74 Å². The van der Waals surface area contributed by atoms with Crippen molar-refractivity contribution in [1.29, 1.82) is 0 Å². The Bertz CT molecular complexity index is 536. The Morgan fingerprint density at radius 3 is 2.68 bits per heavy atom. The van der Waals surface area contributed by atoms with Gasteiger partial charge in [-0.1, -0.05) is 25.0 Å². The topological polar surface area (TPSA) is 25.4 Å². The second-order valence-corrected chi connectivity index (χ2v) is 6.28. The first-order chi connectivity index (χ1) is 10.5. The molecule has 0 saturated carbocycles. The van der Waals surface area contributed by atoms with Gasteiger partial charge in [0.25, 0.3) is 0 Å². The van der Waals surface area contributed by atoms with Crippen molar-refractivity contribution in [2.24, 2.45) is 0 Å². The van der Waals surface area contributed by atoms with Gasteiger partial charge in [0, 0.05) is 32.4 Å². The van der Waals surface area contributed by atoms with E-state index in [0.717, 1.165) is 23.2 Å². The largest absolute Gasteiger partial charge is 0.490 e. The third kappa shape index (κ3) is 5.84. The molecule has 4 heteroatoms. The van der Waals surface area contributed by atoms with Gasteiger partial charge in [0.15, 0.2) is 5.75 Å². The van der Waals surface area contributed by atoms with Crippen LogP contribution in [0.3, 0.4) is 0 Å². The summed E-state index contributed by atoms with van der Waals surface area (Å²) in [5, 5.41) is 0. The molecule has 122 valence electrons. The van der Waals surface area contributed by atoms with E-state index in [9.17, 15) is 0 Å². The Balaban J connectivity index is 2.78. The molecule has 0 unspecified atom stereocenters. The quantitative estimate of drug-likeness (QED) is 0.467. The minimum Gasteiger partial charge on any atom is -0.490 e. The van der Waals surface area contributed by atoms with Gasteiger partial charge in [0.1, 0.15) is 4.60 Å². The molecule has 0 aliphatic carbocycles. The highest BCUT2D eigenvalue weighted by molar-refractivity contribution is 9.10. The summed E-state index contributed by atoms with van der Waals surface area (Å²) in [5.74, 6) is 0.791. The molecule has 1 heterocycles. The van der Waals surface area contributed by atoms with Crippen molar-refractivity contribution in [2.75, 3.05) is 20.7 Å². The van der Waals surface area contributed by atoms with Crippen LogP contribution in [0.15, 0.2) is 45.9 Å². The SMILES string of the molecule is CCC/C=C(C)\C(CCOc1cccnc1Br)=C(\C)N(C)C. The summed E-state index contributed by atoms with van der Waals surface area (Å²) in [6.07, 6.45) is 7.24. The lowest BCUT2D eigenvalue weighted by Crippen LogP contribution is -2.13. The van der Waals surface area contributed by atoms with Crippen LogP contribution in [0.1, 0.15) is 40.0 Å². The normalized spacial score (nSPS) is 12.9. The number of aromatic nitrogens is 1. The summed E-state index contributed by atoms with van der Waals surface area (Å²) in [4.78, 5) is 6.34. The monoisotopic (exact) mass is 366 g/mol. The van der Waals surface area contributed by atoms with E-state index >= 15 is 0 Å². The maximum absolute atomic E-state index is 5.86. The maximum atomic E-state index is 5.86. The smallest absolute Gasteiger partial charge is 0.152 e. The van der Waals surface area contributed by atoms with E-state index in [4.69, 9.17) is 4.74 Å². The molecule has 0 saturated heterocycles. The molecule has 0 bridgehead atoms. The van der Waals surface area contributed by atoms with Gasteiger partial charge in [-0.05, 0) is 53.9 Å². The summed E-state index contributed by atoms with van der Waals surface area (Å²) < 4.78 is 6.62. The second kappa shape index (κ2) is 9.67. The summed E-state index contributed by atoms with van der Waals surface area (Å²) in [6, 6.07) is 3.81. The molecule has 0 amide bonds. The van der Waals surface area contributed by atoms with Gasteiger partial charge in [-0.3, -0.25) is 0 Å². The van der Waals surface area contributed by atoms with Gasteiger partial charge in [0.05, 0.1) is 6.61 Å². The van der Waals surface area contributed by atoms with Crippen molar-refractivity contribution in [3.8, 4) is 5.75 Å². The number of nitrogens with zero attached hydrogens (tertiary/aromatic N) is 2. The Labute approximate surface area is 143 Å². The van der Waals surface area contributed by atoms with Crippen molar-refractivity contribution in [2.45, 2.75) is 40.0 Å². The minimum absolute atomic E-state index is 0.641. The van der Waals surface area contributed by atoms with E-state index in [1.54, 1.807) is 6.20 Å². The number of hydrogen-bond donors (Lipinski definition) is 0. The van der Waals surface area contributed by atoms with E-state index in [2.05, 4.69) is 66.8 Å². The van der Waals surface area contributed by atoms with Crippen LogP contribution >= 0.6 is 15.9 Å². The van der Waals surface area contributed by atoms with Crippen molar-refractivity contribution < 1.29 is 4.74 Å². The first-order valence-electron chi connectivity index (χ1n) is 7.74. The minimum atomic E-state index is 0.641. The molecule has 0 N–H and O–H groups in total. The molecule has 0 aromatic carbocycles. The fourth-order valence-corrected chi connectivity index (χ4v) is 2.52. The van der Waals surface area contributed by atoms with Gasteiger partial charge in [-0.15, -0.1) is 0 Å². The van der Waals surface area contributed by atoms with Crippen LogP contribution in [0.25, 0.3) is 0 Å². The highest BCUT2D eigenvalue weighted by Crippen LogP contribution is 2.24. The van der Waals surface area contributed by atoms with E-state index in [0.29, 0.717) is 6.61 Å². The molecule has 1 aromatic rings. The summed E-state index contributed by atoms with van der Waals surface area (Å²) >= 11 is 3.41. The van der Waals surface area contributed by atoms with E-state index in [1.807, 2.05) is 12.1 Å². The number of hydrogen-bond acceptors (Lipinski definition) is 3. The van der Waals surface area contributed by atoms with Crippen LogP contribution in [0.2, 0.25) is 0 Å². The summed E-state index contributed by atoms with van der Waals surface area (Å²) in [7, 11) is 4.17. The molecule has 1 aromatic heterocycles. The first kappa shape index (κ1) is 18.8. The number of unbranched alkanes of at least 4 members (excludes halogenated alkanes) is 1. The van der Waals surface area contributed by atoms with Crippen molar-refractivity contribution in [1.82, 2.24) is 9.88 Å². The Hall–Kier alpha value is -1.29. The zero-order valence-electron chi connectivity index (χ0n) is 14.3. The lowest BCUT2D eigenvalue weighted by atomic mass is 10.0. The van der Waals surface area contributed by atoms with Crippen molar-refractivity contribution >= 4 is 15.9 Å². The lowest BCUT2D eigenvalue weighted by molar-refractivity contribution is 0.316. The van der Waals surface area contributed by atoms with Crippen LogP contribution in [0.5, 0.6) is 5.75 Å². The predicted octanol–water partition coefficient (Wildman–Crippen LogP) is 5.20. The highest BCUT2D eigenvalue weighted by atomic mass is 79.9. The average molecular weight is 367 g/mol. The van der Waals surface area contributed by atoms with Crippen LogP contribution in [0, 0.1) is 0 Å². The number of halogens is 1. The summed E-state index contributed by atoms with van der Waals surface area (Å²) in [6.45, 7) is 7.20. The molecule has 0 atom stereocenters. The molecule has 3 nitrogen and oxygen atoms in total. The highest BCUT2D eigenvalue weighted by Gasteiger charge is 2.08.